The van der Waals surface area contributed by atoms with E-state index in [9.17, 15) is 0 Å². The first-order valence-electron chi connectivity index (χ1n) is 5.12. The minimum Gasteiger partial charge on any atom is -0.372 e. The molecule has 2 heterocycles. The molecule has 2 rings (SSSR count). The van der Waals surface area contributed by atoms with Gasteiger partial charge in [-0.15, -0.1) is 11.3 Å². The van der Waals surface area contributed by atoms with Crippen molar-refractivity contribution in [1.29, 1.82) is 0 Å². The number of pyridine rings is 1. The Morgan fingerprint density at radius 1 is 1.28 bits per heavy atom. The fourth-order valence-corrected chi connectivity index (χ4v) is 3.33. The molecule has 0 unspecified atom stereocenters. The van der Waals surface area contributed by atoms with Crippen molar-refractivity contribution in [3.63, 3.8) is 0 Å². The number of halogens is 3. The van der Waals surface area contributed by atoms with Gasteiger partial charge in [0.1, 0.15) is 11.6 Å². The predicted octanol–water partition coefficient (Wildman–Crippen LogP) is 4.87. The summed E-state index contributed by atoms with van der Waals surface area (Å²) < 4.78 is 1.10. The van der Waals surface area contributed by atoms with Crippen molar-refractivity contribution in [2.75, 3.05) is 17.7 Å². The third-order valence-electron chi connectivity index (χ3n) is 2.23. The summed E-state index contributed by atoms with van der Waals surface area (Å²) in [5.41, 5.74) is 0. The largest absolute Gasteiger partial charge is 0.372 e. The molecule has 0 atom stereocenters. The minimum atomic E-state index is 0.506. The van der Waals surface area contributed by atoms with E-state index in [0.29, 0.717) is 28.2 Å². The zero-order chi connectivity index (χ0) is 13.1. The zero-order valence-corrected chi connectivity index (χ0v) is 13.3. The van der Waals surface area contributed by atoms with Crippen LogP contribution in [-0.2, 0) is 6.54 Å². The van der Waals surface area contributed by atoms with Crippen molar-refractivity contribution in [3.05, 3.63) is 36.9 Å². The number of thiophene rings is 1. The van der Waals surface area contributed by atoms with E-state index in [1.807, 2.05) is 12.1 Å². The summed E-state index contributed by atoms with van der Waals surface area (Å²) in [5.74, 6) is 1.23. The summed E-state index contributed by atoms with van der Waals surface area (Å²) in [7, 11) is 1.77. The van der Waals surface area contributed by atoms with E-state index in [2.05, 4.69) is 31.5 Å². The molecule has 0 aliphatic carbocycles. The Morgan fingerprint density at radius 2 is 2.00 bits per heavy atom. The predicted molar refractivity (Wildman–Crippen MR) is 83.1 cm³/mol. The standard InChI is InChI=1S/C11H10BrCl2N3S/c1-15-10-7(13)4-8(14)11(17-10)16-5-6-2-3-9(12)18-6/h2-4H,5H2,1H3,(H2,15,16,17). The van der Waals surface area contributed by atoms with Crippen LogP contribution in [0.5, 0.6) is 0 Å². The molecule has 0 fully saturated rings. The second-order valence-electron chi connectivity index (χ2n) is 3.46. The Bertz CT molecular complexity index is 559. The van der Waals surface area contributed by atoms with Gasteiger partial charge in [-0.2, -0.15) is 0 Å². The highest BCUT2D eigenvalue weighted by Crippen LogP contribution is 2.30. The molecule has 0 aliphatic heterocycles. The monoisotopic (exact) mass is 365 g/mol. The number of anilines is 2. The third kappa shape index (κ3) is 3.29. The van der Waals surface area contributed by atoms with Crippen LogP contribution in [0.3, 0.4) is 0 Å². The van der Waals surface area contributed by atoms with Gasteiger partial charge in [0.2, 0.25) is 0 Å². The first-order valence-corrected chi connectivity index (χ1v) is 7.48. The molecule has 0 amide bonds. The molecule has 0 radical (unpaired) electrons. The van der Waals surface area contributed by atoms with Crippen LogP contribution in [-0.4, -0.2) is 12.0 Å². The Hall–Kier alpha value is -0.490. The third-order valence-corrected chi connectivity index (χ3v) is 4.43. The van der Waals surface area contributed by atoms with Crippen molar-refractivity contribution in [3.8, 4) is 0 Å². The molecule has 18 heavy (non-hydrogen) atoms. The minimum absolute atomic E-state index is 0.506. The molecule has 0 aromatic carbocycles. The number of hydrogen-bond donors (Lipinski definition) is 2. The van der Waals surface area contributed by atoms with E-state index in [1.165, 1.54) is 4.88 Å². The SMILES string of the molecule is CNc1nc(NCc2ccc(Br)s2)c(Cl)cc1Cl. The van der Waals surface area contributed by atoms with Gasteiger partial charge in [-0.1, -0.05) is 23.2 Å². The van der Waals surface area contributed by atoms with Crippen molar-refractivity contribution in [2.24, 2.45) is 0 Å². The number of aromatic nitrogens is 1. The summed E-state index contributed by atoms with van der Waals surface area (Å²) in [6.45, 7) is 0.674. The topological polar surface area (TPSA) is 37.0 Å². The molecule has 0 spiro atoms. The highest BCUT2D eigenvalue weighted by molar-refractivity contribution is 9.11. The first-order chi connectivity index (χ1) is 8.60. The lowest BCUT2D eigenvalue weighted by Gasteiger charge is -2.09. The van der Waals surface area contributed by atoms with Gasteiger partial charge < -0.3 is 10.6 Å². The molecule has 0 bridgehead atoms. The van der Waals surface area contributed by atoms with Crippen LogP contribution in [0.4, 0.5) is 11.6 Å². The molecular weight excluding hydrogens is 357 g/mol. The molecular formula is C11H10BrCl2N3S. The molecule has 2 aromatic heterocycles. The second kappa shape index (κ2) is 6.10. The van der Waals surface area contributed by atoms with Crippen LogP contribution in [0, 0.1) is 0 Å². The molecule has 2 aromatic rings. The summed E-state index contributed by atoms with van der Waals surface area (Å²) in [5, 5.41) is 7.13. The smallest absolute Gasteiger partial charge is 0.147 e. The normalized spacial score (nSPS) is 10.4. The van der Waals surface area contributed by atoms with Gasteiger partial charge in [-0.25, -0.2) is 4.98 Å². The molecule has 96 valence electrons. The van der Waals surface area contributed by atoms with Gasteiger partial charge >= 0.3 is 0 Å². The number of nitrogens with one attached hydrogen (secondary N) is 2. The van der Waals surface area contributed by atoms with Gasteiger partial charge in [0.05, 0.1) is 20.4 Å². The maximum atomic E-state index is 6.09. The van der Waals surface area contributed by atoms with Gasteiger partial charge in [0.15, 0.2) is 0 Å². The lowest BCUT2D eigenvalue weighted by Crippen LogP contribution is -2.03. The molecule has 0 saturated heterocycles. The summed E-state index contributed by atoms with van der Waals surface area (Å²) >= 11 is 17.2. The van der Waals surface area contributed by atoms with E-state index in [-0.39, 0.29) is 0 Å². The van der Waals surface area contributed by atoms with Crippen LogP contribution in [0.15, 0.2) is 22.0 Å². The Kier molecular flexibility index (Phi) is 4.72. The number of rotatable bonds is 4. The van der Waals surface area contributed by atoms with E-state index < -0.39 is 0 Å². The van der Waals surface area contributed by atoms with Gasteiger partial charge in [-0.05, 0) is 34.1 Å². The van der Waals surface area contributed by atoms with E-state index in [1.54, 1.807) is 24.5 Å². The van der Waals surface area contributed by atoms with Crippen molar-refractivity contribution >= 4 is 62.1 Å². The van der Waals surface area contributed by atoms with Crippen molar-refractivity contribution in [2.45, 2.75) is 6.54 Å². The Labute approximate surface area is 128 Å². The van der Waals surface area contributed by atoms with Crippen LogP contribution >= 0.6 is 50.5 Å². The van der Waals surface area contributed by atoms with Crippen molar-refractivity contribution in [1.82, 2.24) is 4.98 Å². The second-order valence-corrected chi connectivity index (χ2v) is 6.82. The fourth-order valence-electron chi connectivity index (χ4n) is 1.38. The van der Waals surface area contributed by atoms with Crippen LogP contribution < -0.4 is 10.6 Å². The van der Waals surface area contributed by atoms with Crippen molar-refractivity contribution < 1.29 is 0 Å². The average molecular weight is 367 g/mol. The number of hydrogen-bond acceptors (Lipinski definition) is 4. The van der Waals surface area contributed by atoms with Gasteiger partial charge in [0.25, 0.3) is 0 Å². The van der Waals surface area contributed by atoms with Crippen LogP contribution in [0.1, 0.15) is 4.88 Å². The van der Waals surface area contributed by atoms with E-state index in [0.717, 1.165) is 3.79 Å². The lowest BCUT2D eigenvalue weighted by molar-refractivity contribution is 1.14. The van der Waals surface area contributed by atoms with Gasteiger partial charge in [0, 0.05) is 11.9 Å². The Balaban J connectivity index is 2.13. The summed E-state index contributed by atoms with van der Waals surface area (Å²) in [4.78, 5) is 5.51. The highest BCUT2D eigenvalue weighted by Gasteiger charge is 2.08. The molecule has 0 saturated carbocycles. The van der Waals surface area contributed by atoms with Crippen LogP contribution in [0.2, 0.25) is 10.0 Å². The molecule has 2 N–H and O–H groups in total. The Morgan fingerprint density at radius 3 is 2.61 bits per heavy atom. The first kappa shape index (κ1) is 13.9. The highest BCUT2D eigenvalue weighted by atomic mass is 79.9. The van der Waals surface area contributed by atoms with Crippen LogP contribution in [0.25, 0.3) is 0 Å². The average Bonchev–Trinajstić information content (AvgIpc) is 2.74. The maximum absolute atomic E-state index is 6.09. The molecule has 0 aliphatic rings. The zero-order valence-electron chi connectivity index (χ0n) is 9.43. The maximum Gasteiger partial charge on any atom is 0.147 e. The molecule has 7 heteroatoms. The quantitative estimate of drug-likeness (QED) is 0.810. The lowest BCUT2D eigenvalue weighted by atomic mass is 10.4. The van der Waals surface area contributed by atoms with Gasteiger partial charge in [-0.3, -0.25) is 0 Å². The van der Waals surface area contributed by atoms with E-state index >= 15 is 0 Å². The fraction of sp³-hybridized carbons (Fsp3) is 0.182. The molecule has 3 nitrogen and oxygen atoms in total. The summed E-state index contributed by atoms with van der Waals surface area (Å²) in [6.07, 6.45) is 0. The summed E-state index contributed by atoms with van der Waals surface area (Å²) in [6, 6.07) is 5.73. The number of nitrogens with zero attached hydrogens (tertiary/aromatic N) is 1. The van der Waals surface area contributed by atoms with E-state index in [4.69, 9.17) is 23.2 Å².